The lowest BCUT2D eigenvalue weighted by molar-refractivity contribution is 0.0519. The maximum atomic E-state index is 13.5. The Balaban J connectivity index is 1.94. The number of methoxy groups -OCH3 is 2. The number of amides is 1. The van der Waals surface area contributed by atoms with Crippen molar-refractivity contribution in [2.24, 2.45) is 0 Å². The highest BCUT2D eigenvalue weighted by Gasteiger charge is 2.23. The van der Waals surface area contributed by atoms with Crippen LogP contribution in [0.25, 0.3) is 0 Å². The van der Waals surface area contributed by atoms with Crippen molar-refractivity contribution in [3.63, 3.8) is 0 Å². The van der Waals surface area contributed by atoms with E-state index in [2.05, 4.69) is 4.98 Å². The molecule has 174 valence electrons. The van der Waals surface area contributed by atoms with Crippen LogP contribution in [0.5, 0.6) is 11.5 Å². The van der Waals surface area contributed by atoms with Crippen LogP contribution in [0.15, 0.2) is 48.5 Å². The summed E-state index contributed by atoms with van der Waals surface area (Å²) in [6.07, 6.45) is 0. The van der Waals surface area contributed by atoms with Crippen LogP contribution in [0.4, 0.5) is 0 Å². The number of H-pyrrole nitrogens is 1. The Kier molecular flexibility index (Phi) is 7.77. The second kappa shape index (κ2) is 10.7. The Morgan fingerprint density at radius 1 is 0.879 bits per heavy atom. The van der Waals surface area contributed by atoms with Gasteiger partial charge in [0.25, 0.3) is 5.91 Å². The second-order valence-corrected chi connectivity index (χ2v) is 7.69. The molecule has 1 N–H and O–H groups in total. The number of nitrogens with zero attached hydrogens (tertiary/aromatic N) is 1. The fourth-order valence-electron chi connectivity index (χ4n) is 3.69. The van der Waals surface area contributed by atoms with E-state index >= 15 is 0 Å². The van der Waals surface area contributed by atoms with E-state index < -0.39 is 5.97 Å². The third-order valence-corrected chi connectivity index (χ3v) is 5.58. The molecule has 7 heteroatoms. The minimum absolute atomic E-state index is 0.119. The maximum Gasteiger partial charge on any atom is 0.355 e. The highest BCUT2D eigenvalue weighted by atomic mass is 16.5. The third kappa shape index (κ3) is 5.55. The molecule has 0 aliphatic carbocycles. The van der Waals surface area contributed by atoms with Crippen LogP contribution < -0.4 is 9.47 Å². The predicted molar refractivity (Wildman–Crippen MR) is 126 cm³/mol. The SMILES string of the molecule is CCOC(=O)c1[nH]c(C)c(CN(Cc2ccc(OC)cc2)C(=O)c2ccc(OC)cc2)c1C. The smallest absolute Gasteiger partial charge is 0.355 e. The lowest BCUT2D eigenvalue weighted by Gasteiger charge is -2.24. The van der Waals surface area contributed by atoms with Gasteiger partial charge in [-0.25, -0.2) is 4.79 Å². The number of ether oxygens (including phenoxy) is 3. The number of nitrogens with one attached hydrogen (secondary N) is 1. The standard InChI is InChI=1S/C26H30N2O5/c1-6-33-26(30)24-17(2)23(18(3)27-24)16-28(15-19-7-11-21(31-4)12-8-19)25(29)20-9-13-22(32-5)14-10-20/h7-14,27H,6,15-16H2,1-5H3. The molecule has 0 fully saturated rings. The van der Waals surface area contributed by atoms with Crippen molar-refractivity contribution >= 4 is 11.9 Å². The van der Waals surface area contributed by atoms with E-state index in [4.69, 9.17) is 14.2 Å². The van der Waals surface area contributed by atoms with Gasteiger partial charge in [-0.05, 0) is 73.9 Å². The van der Waals surface area contributed by atoms with Gasteiger partial charge in [0.15, 0.2) is 0 Å². The maximum absolute atomic E-state index is 13.5. The average molecular weight is 451 g/mol. The summed E-state index contributed by atoms with van der Waals surface area (Å²) < 4.78 is 15.6. The molecule has 7 nitrogen and oxygen atoms in total. The highest BCUT2D eigenvalue weighted by Crippen LogP contribution is 2.24. The van der Waals surface area contributed by atoms with Crippen LogP contribution in [0.1, 0.15) is 50.2 Å². The van der Waals surface area contributed by atoms with Crippen molar-refractivity contribution in [3.05, 3.63) is 82.2 Å². The molecular formula is C26H30N2O5. The van der Waals surface area contributed by atoms with Gasteiger partial charge in [-0.15, -0.1) is 0 Å². The zero-order valence-corrected chi connectivity index (χ0v) is 19.7. The van der Waals surface area contributed by atoms with Gasteiger partial charge in [-0.3, -0.25) is 4.79 Å². The average Bonchev–Trinajstić information content (AvgIpc) is 3.12. The normalized spacial score (nSPS) is 10.6. The number of aromatic amines is 1. The number of aryl methyl sites for hydroxylation is 1. The largest absolute Gasteiger partial charge is 0.497 e. The molecule has 3 aromatic rings. The summed E-state index contributed by atoms with van der Waals surface area (Å²) in [7, 11) is 3.21. The number of carbonyl (C=O) groups excluding carboxylic acids is 2. The summed E-state index contributed by atoms with van der Waals surface area (Å²) in [5.41, 5.74) is 4.46. The Morgan fingerprint density at radius 3 is 2.00 bits per heavy atom. The zero-order chi connectivity index (χ0) is 24.0. The fraction of sp³-hybridized carbons (Fsp3) is 0.308. The lowest BCUT2D eigenvalue weighted by atomic mass is 10.1. The molecule has 0 aliphatic heterocycles. The molecule has 3 rings (SSSR count). The van der Waals surface area contributed by atoms with Crippen molar-refractivity contribution in [2.75, 3.05) is 20.8 Å². The van der Waals surface area contributed by atoms with Gasteiger partial charge >= 0.3 is 5.97 Å². The zero-order valence-electron chi connectivity index (χ0n) is 19.7. The van der Waals surface area contributed by atoms with Crippen LogP contribution in [-0.2, 0) is 17.8 Å². The first-order chi connectivity index (χ1) is 15.9. The minimum Gasteiger partial charge on any atom is -0.497 e. The quantitative estimate of drug-likeness (QED) is 0.479. The van der Waals surface area contributed by atoms with Gasteiger partial charge in [-0.2, -0.15) is 0 Å². The summed E-state index contributed by atoms with van der Waals surface area (Å²) in [4.78, 5) is 30.7. The van der Waals surface area contributed by atoms with Gasteiger partial charge in [0.05, 0.1) is 20.8 Å². The number of carbonyl (C=O) groups is 2. The number of aromatic nitrogens is 1. The van der Waals surface area contributed by atoms with E-state index in [0.29, 0.717) is 36.7 Å². The van der Waals surface area contributed by atoms with Gasteiger partial charge in [0.1, 0.15) is 17.2 Å². The van der Waals surface area contributed by atoms with Crippen molar-refractivity contribution in [2.45, 2.75) is 33.9 Å². The molecule has 33 heavy (non-hydrogen) atoms. The summed E-state index contributed by atoms with van der Waals surface area (Å²) in [6.45, 7) is 6.57. The van der Waals surface area contributed by atoms with Crippen LogP contribution in [-0.4, -0.2) is 42.6 Å². The minimum atomic E-state index is -0.396. The first-order valence-electron chi connectivity index (χ1n) is 10.8. The molecule has 1 heterocycles. The van der Waals surface area contributed by atoms with E-state index in [-0.39, 0.29) is 5.91 Å². The Labute approximate surface area is 194 Å². The van der Waals surface area contributed by atoms with E-state index in [1.807, 2.05) is 38.1 Å². The number of esters is 1. The Morgan fingerprint density at radius 2 is 1.45 bits per heavy atom. The molecule has 2 aromatic carbocycles. The molecule has 0 bridgehead atoms. The molecule has 0 spiro atoms. The molecule has 0 saturated carbocycles. The highest BCUT2D eigenvalue weighted by molar-refractivity contribution is 5.94. The van der Waals surface area contributed by atoms with Crippen molar-refractivity contribution in [3.8, 4) is 11.5 Å². The molecule has 1 aromatic heterocycles. The topological polar surface area (TPSA) is 80.9 Å². The number of hydrogen-bond acceptors (Lipinski definition) is 5. The monoisotopic (exact) mass is 450 g/mol. The fourth-order valence-corrected chi connectivity index (χ4v) is 3.69. The Hall–Kier alpha value is -3.74. The van der Waals surface area contributed by atoms with E-state index in [9.17, 15) is 9.59 Å². The van der Waals surface area contributed by atoms with E-state index in [1.165, 1.54) is 0 Å². The van der Waals surface area contributed by atoms with Crippen LogP contribution in [0.3, 0.4) is 0 Å². The molecular weight excluding hydrogens is 420 g/mol. The van der Waals surface area contributed by atoms with Crippen molar-refractivity contribution in [1.82, 2.24) is 9.88 Å². The number of benzene rings is 2. The first kappa shape index (κ1) is 23.9. The molecule has 0 aliphatic rings. The molecule has 0 unspecified atom stereocenters. The summed E-state index contributed by atoms with van der Waals surface area (Å²) in [5, 5.41) is 0. The first-order valence-corrected chi connectivity index (χ1v) is 10.8. The van der Waals surface area contributed by atoms with Gasteiger partial charge in [0, 0.05) is 24.3 Å². The van der Waals surface area contributed by atoms with Crippen molar-refractivity contribution < 1.29 is 23.8 Å². The molecule has 1 amide bonds. The number of hydrogen-bond donors (Lipinski definition) is 1. The van der Waals surface area contributed by atoms with Crippen LogP contribution >= 0.6 is 0 Å². The summed E-state index contributed by atoms with van der Waals surface area (Å²) in [5.74, 6) is 0.923. The van der Waals surface area contributed by atoms with Crippen LogP contribution in [0, 0.1) is 13.8 Å². The summed E-state index contributed by atoms with van der Waals surface area (Å²) >= 11 is 0. The third-order valence-electron chi connectivity index (χ3n) is 5.58. The number of rotatable bonds is 9. The summed E-state index contributed by atoms with van der Waals surface area (Å²) in [6, 6.07) is 14.7. The second-order valence-electron chi connectivity index (χ2n) is 7.69. The van der Waals surface area contributed by atoms with Crippen LogP contribution in [0.2, 0.25) is 0 Å². The molecule has 0 atom stereocenters. The van der Waals surface area contributed by atoms with Gasteiger partial charge in [-0.1, -0.05) is 12.1 Å². The molecule has 0 radical (unpaired) electrons. The molecule has 0 saturated heterocycles. The Bertz CT molecular complexity index is 1100. The van der Waals surface area contributed by atoms with Gasteiger partial charge in [0.2, 0.25) is 0 Å². The van der Waals surface area contributed by atoms with Gasteiger partial charge < -0.3 is 24.1 Å². The lowest BCUT2D eigenvalue weighted by Crippen LogP contribution is -2.30. The van der Waals surface area contributed by atoms with E-state index in [0.717, 1.165) is 28.1 Å². The van der Waals surface area contributed by atoms with Crippen molar-refractivity contribution in [1.29, 1.82) is 0 Å². The van der Waals surface area contributed by atoms with E-state index in [1.54, 1.807) is 50.3 Å². The predicted octanol–water partition coefficient (Wildman–Crippen LogP) is 4.67.